The molecule has 0 fully saturated rings. The van der Waals surface area contributed by atoms with E-state index in [2.05, 4.69) is 0 Å². The number of ether oxygens (including phenoxy) is 3. The third kappa shape index (κ3) is 8.01. The predicted molar refractivity (Wildman–Crippen MR) is 106 cm³/mol. The zero-order valence-electron chi connectivity index (χ0n) is 17.4. The van der Waals surface area contributed by atoms with Gasteiger partial charge in [-0.3, -0.25) is 0 Å². The van der Waals surface area contributed by atoms with E-state index in [4.69, 9.17) is 14.2 Å². The second kappa shape index (κ2) is 11.1. The van der Waals surface area contributed by atoms with Crippen molar-refractivity contribution < 1.29 is 46.8 Å². The van der Waals surface area contributed by atoms with Crippen LogP contribution in [0.4, 0.5) is 17.6 Å². The zero-order chi connectivity index (χ0) is 23.9. The predicted octanol–water partition coefficient (Wildman–Crippen LogP) is 4.08. The molecule has 0 aromatic heterocycles. The number of aliphatic carboxylic acids is 1. The number of rotatable bonds is 11. The molecule has 176 valence electrons. The number of alkyl halides is 3. The molecule has 0 radical (unpaired) electrons. The lowest BCUT2D eigenvalue weighted by atomic mass is 10.1. The van der Waals surface area contributed by atoms with Crippen molar-refractivity contribution in [3.63, 3.8) is 0 Å². The van der Waals surface area contributed by atoms with Crippen LogP contribution in [0.3, 0.4) is 0 Å². The molecule has 6 nitrogen and oxygen atoms in total. The maximum atomic E-state index is 13.7. The molecule has 0 saturated carbocycles. The Morgan fingerprint density at radius 2 is 1.75 bits per heavy atom. The van der Waals surface area contributed by atoms with Gasteiger partial charge < -0.3 is 24.4 Å². The van der Waals surface area contributed by atoms with E-state index in [0.29, 0.717) is 29.5 Å². The number of halogens is 4. The van der Waals surface area contributed by atoms with Gasteiger partial charge in [0, 0.05) is 6.42 Å². The molecule has 2 atom stereocenters. The SMILES string of the molecule is CC(C)OC(Cc1cccc(OCC(O)COc2cc(C(F)(F)F)ccc2F)c1)C(=O)O. The van der Waals surface area contributed by atoms with Crippen molar-refractivity contribution in [2.24, 2.45) is 0 Å². The average Bonchev–Trinajstić information content (AvgIpc) is 2.70. The second-order valence-electron chi connectivity index (χ2n) is 7.28. The number of benzene rings is 2. The summed E-state index contributed by atoms with van der Waals surface area (Å²) in [5.74, 6) is -2.39. The van der Waals surface area contributed by atoms with Gasteiger partial charge in [0.25, 0.3) is 0 Å². The summed E-state index contributed by atoms with van der Waals surface area (Å²) in [6.45, 7) is 2.67. The van der Waals surface area contributed by atoms with Crippen LogP contribution in [0.1, 0.15) is 25.0 Å². The Bertz CT molecular complexity index is 900. The first kappa shape index (κ1) is 25.4. The summed E-state index contributed by atoms with van der Waals surface area (Å²) in [6, 6.07) is 8.25. The van der Waals surface area contributed by atoms with Crippen molar-refractivity contribution in [1.82, 2.24) is 0 Å². The smallest absolute Gasteiger partial charge is 0.416 e. The summed E-state index contributed by atoms with van der Waals surface area (Å²) in [6.07, 6.45) is -7.12. The number of carboxylic acid groups (broad SMARTS) is 1. The minimum atomic E-state index is -4.65. The summed E-state index contributed by atoms with van der Waals surface area (Å²) in [5.41, 5.74) is -0.440. The number of carbonyl (C=O) groups is 1. The van der Waals surface area contributed by atoms with Gasteiger partial charge >= 0.3 is 12.1 Å². The van der Waals surface area contributed by atoms with Crippen LogP contribution in [-0.4, -0.2) is 47.7 Å². The standard InChI is InChI=1S/C22H24F4O6/c1-13(2)32-20(21(28)29)9-14-4-3-5-17(8-14)30-11-16(27)12-31-19-10-15(22(24,25)26)6-7-18(19)23/h3-8,10,13,16,20,27H,9,11-12H2,1-2H3,(H,28,29). The van der Waals surface area contributed by atoms with Crippen LogP contribution in [0.2, 0.25) is 0 Å². The van der Waals surface area contributed by atoms with Crippen LogP contribution in [0.15, 0.2) is 42.5 Å². The Morgan fingerprint density at radius 1 is 1.06 bits per heavy atom. The van der Waals surface area contributed by atoms with Gasteiger partial charge in [0.2, 0.25) is 0 Å². The van der Waals surface area contributed by atoms with E-state index in [0.717, 1.165) is 0 Å². The highest BCUT2D eigenvalue weighted by atomic mass is 19.4. The summed E-state index contributed by atoms with van der Waals surface area (Å²) < 4.78 is 67.7. The minimum Gasteiger partial charge on any atom is -0.491 e. The first-order chi connectivity index (χ1) is 15.0. The molecule has 0 heterocycles. The third-order valence-electron chi connectivity index (χ3n) is 4.16. The maximum absolute atomic E-state index is 13.7. The van der Waals surface area contributed by atoms with Gasteiger partial charge in [0.1, 0.15) is 25.1 Å². The van der Waals surface area contributed by atoms with Crippen LogP contribution in [-0.2, 0) is 22.1 Å². The molecule has 0 aliphatic heterocycles. The van der Waals surface area contributed by atoms with Crippen LogP contribution in [0.25, 0.3) is 0 Å². The van der Waals surface area contributed by atoms with E-state index in [1.54, 1.807) is 38.1 Å². The Kier molecular flexibility index (Phi) is 8.85. The van der Waals surface area contributed by atoms with E-state index in [9.17, 15) is 32.6 Å². The van der Waals surface area contributed by atoms with Crippen molar-refractivity contribution in [1.29, 1.82) is 0 Å². The van der Waals surface area contributed by atoms with Gasteiger partial charge in [0.15, 0.2) is 17.7 Å². The van der Waals surface area contributed by atoms with Crippen LogP contribution >= 0.6 is 0 Å². The fourth-order valence-electron chi connectivity index (χ4n) is 2.72. The lowest BCUT2D eigenvalue weighted by Gasteiger charge is -2.17. The number of carboxylic acids is 1. The molecule has 2 rings (SSSR count). The lowest BCUT2D eigenvalue weighted by molar-refractivity contribution is -0.153. The Hall–Kier alpha value is -2.85. The Morgan fingerprint density at radius 3 is 2.38 bits per heavy atom. The van der Waals surface area contributed by atoms with E-state index in [-0.39, 0.29) is 19.1 Å². The third-order valence-corrected chi connectivity index (χ3v) is 4.16. The van der Waals surface area contributed by atoms with Crippen molar-refractivity contribution in [2.45, 2.75) is 44.8 Å². The zero-order valence-corrected chi connectivity index (χ0v) is 17.4. The summed E-state index contributed by atoms with van der Waals surface area (Å²) in [7, 11) is 0. The van der Waals surface area contributed by atoms with E-state index < -0.39 is 48.1 Å². The average molecular weight is 460 g/mol. The van der Waals surface area contributed by atoms with Crippen molar-refractivity contribution in [3.8, 4) is 11.5 Å². The number of hydrogen-bond acceptors (Lipinski definition) is 5. The van der Waals surface area contributed by atoms with E-state index in [1.165, 1.54) is 0 Å². The van der Waals surface area contributed by atoms with Crippen molar-refractivity contribution >= 4 is 5.97 Å². The highest BCUT2D eigenvalue weighted by Gasteiger charge is 2.31. The molecule has 10 heteroatoms. The molecule has 2 unspecified atom stereocenters. The first-order valence-electron chi connectivity index (χ1n) is 9.73. The Labute approximate surface area is 182 Å². The van der Waals surface area contributed by atoms with Gasteiger partial charge in [0.05, 0.1) is 11.7 Å². The largest absolute Gasteiger partial charge is 0.491 e. The molecule has 0 aliphatic carbocycles. The summed E-state index contributed by atoms with van der Waals surface area (Å²) in [4.78, 5) is 11.3. The highest BCUT2D eigenvalue weighted by molar-refractivity contribution is 5.72. The summed E-state index contributed by atoms with van der Waals surface area (Å²) >= 11 is 0. The fourth-order valence-corrected chi connectivity index (χ4v) is 2.72. The second-order valence-corrected chi connectivity index (χ2v) is 7.28. The number of hydrogen-bond donors (Lipinski definition) is 2. The quantitative estimate of drug-likeness (QED) is 0.492. The molecule has 32 heavy (non-hydrogen) atoms. The van der Waals surface area contributed by atoms with Crippen LogP contribution in [0, 0.1) is 5.82 Å². The fraction of sp³-hybridized carbons (Fsp3) is 0.409. The molecule has 0 spiro atoms. The first-order valence-corrected chi connectivity index (χ1v) is 9.73. The number of aliphatic hydroxyl groups excluding tert-OH is 1. The van der Waals surface area contributed by atoms with E-state index in [1.807, 2.05) is 0 Å². The van der Waals surface area contributed by atoms with Gasteiger partial charge in [-0.1, -0.05) is 12.1 Å². The molecule has 0 aliphatic rings. The minimum absolute atomic E-state index is 0.102. The number of aliphatic hydroxyl groups is 1. The topological polar surface area (TPSA) is 85.2 Å². The monoisotopic (exact) mass is 460 g/mol. The molecule has 0 bridgehead atoms. The molecule has 2 aromatic carbocycles. The van der Waals surface area contributed by atoms with Crippen LogP contribution < -0.4 is 9.47 Å². The molecular formula is C22H24F4O6. The van der Waals surface area contributed by atoms with Gasteiger partial charge in [-0.2, -0.15) is 13.2 Å². The molecule has 2 N–H and O–H groups in total. The maximum Gasteiger partial charge on any atom is 0.416 e. The molecule has 2 aromatic rings. The normalized spacial score (nSPS) is 13.6. The van der Waals surface area contributed by atoms with E-state index >= 15 is 0 Å². The van der Waals surface area contributed by atoms with Gasteiger partial charge in [-0.15, -0.1) is 0 Å². The summed E-state index contributed by atoms with van der Waals surface area (Å²) in [5, 5.41) is 19.3. The van der Waals surface area contributed by atoms with Gasteiger partial charge in [-0.05, 0) is 49.7 Å². The highest BCUT2D eigenvalue weighted by Crippen LogP contribution is 2.32. The van der Waals surface area contributed by atoms with Crippen molar-refractivity contribution in [3.05, 3.63) is 59.4 Å². The van der Waals surface area contributed by atoms with Gasteiger partial charge in [-0.25, -0.2) is 9.18 Å². The Balaban J connectivity index is 1.91. The molecule has 0 amide bonds. The lowest BCUT2D eigenvalue weighted by Crippen LogP contribution is -2.29. The molecular weight excluding hydrogens is 436 g/mol. The van der Waals surface area contributed by atoms with Crippen molar-refractivity contribution in [2.75, 3.05) is 13.2 Å². The van der Waals surface area contributed by atoms with Crippen LogP contribution in [0.5, 0.6) is 11.5 Å². The molecule has 0 saturated heterocycles.